The average molecular weight is 392 g/mol. The summed E-state index contributed by atoms with van der Waals surface area (Å²) in [7, 11) is 0. The van der Waals surface area contributed by atoms with E-state index in [1.54, 1.807) is 17.0 Å². The van der Waals surface area contributed by atoms with Crippen LogP contribution < -0.4 is 5.32 Å². The molecule has 0 unspecified atom stereocenters. The van der Waals surface area contributed by atoms with E-state index in [0.717, 1.165) is 17.0 Å². The molecule has 2 aromatic carbocycles. The van der Waals surface area contributed by atoms with Gasteiger partial charge in [0.1, 0.15) is 10.8 Å². The molecule has 1 aliphatic rings. The van der Waals surface area contributed by atoms with E-state index in [-0.39, 0.29) is 11.8 Å². The van der Waals surface area contributed by atoms with Crippen LogP contribution in [0.1, 0.15) is 22.6 Å². The number of phenols is 1. The van der Waals surface area contributed by atoms with Crippen molar-refractivity contribution in [3.63, 3.8) is 0 Å². The summed E-state index contributed by atoms with van der Waals surface area (Å²) in [6, 6.07) is 17.0. The van der Waals surface area contributed by atoms with E-state index >= 15 is 0 Å². The summed E-state index contributed by atoms with van der Waals surface area (Å²) in [6.45, 7) is 1.17. The fourth-order valence-corrected chi connectivity index (χ4v) is 3.87. The Morgan fingerprint density at radius 1 is 1.11 bits per heavy atom. The van der Waals surface area contributed by atoms with E-state index < -0.39 is 0 Å². The van der Waals surface area contributed by atoms with Crippen LogP contribution in [0.5, 0.6) is 5.75 Å². The van der Waals surface area contributed by atoms with Crippen LogP contribution in [-0.2, 0) is 6.42 Å². The fourth-order valence-electron chi connectivity index (χ4n) is 3.11. The monoisotopic (exact) mass is 392 g/mol. The number of phenolic OH excluding ortho intramolecular Hbond substituents is 1. The number of urea groups is 1. The lowest BCUT2D eigenvalue weighted by Gasteiger charge is -2.26. The number of rotatable bonds is 4. The molecule has 3 aromatic rings. The SMILES string of the molecule is O=C(Nc1nnc(Cc2ccccc2)s1)N1CC=C(c2ccc(O)cc2)CC1. The molecule has 0 spiro atoms. The van der Waals surface area contributed by atoms with Crippen molar-refractivity contribution in [1.29, 1.82) is 0 Å². The highest BCUT2D eigenvalue weighted by atomic mass is 32.1. The first kappa shape index (κ1) is 18.2. The van der Waals surface area contributed by atoms with Crippen LogP contribution in [0, 0.1) is 0 Å². The number of hydrogen-bond donors (Lipinski definition) is 2. The van der Waals surface area contributed by atoms with Gasteiger partial charge in [0.2, 0.25) is 5.13 Å². The molecule has 1 aromatic heterocycles. The molecule has 0 atom stereocenters. The topological polar surface area (TPSA) is 78.4 Å². The molecule has 7 heteroatoms. The number of benzene rings is 2. The summed E-state index contributed by atoms with van der Waals surface area (Å²) in [6.07, 6.45) is 3.53. The molecule has 0 saturated heterocycles. The molecule has 0 aliphatic carbocycles. The normalized spacial score (nSPS) is 13.9. The van der Waals surface area contributed by atoms with Gasteiger partial charge in [-0.3, -0.25) is 5.32 Å². The number of carbonyl (C=O) groups is 1. The van der Waals surface area contributed by atoms with E-state index in [9.17, 15) is 9.90 Å². The Balaban J connectivity index is 1.34. The minimum absolute atomic E-state index is 0.164. The first-order valence-corrected chi connectivity index (χ1v) is 9.90. The number of hydrogen-bond acceptors (Lipinski definition) is 5. The second-order valence-corrected chi connectivity index (χ2v) is 7.63. The summed E-state index contributed by atoms with van der Waals surface area (Å²) in [4.78, 5) is 14.3. The number of nitrogens with one attached hydrogen (secondary N) is 1. The van der Waals surface area contributed by atoms with Crippen molar-refractivity contribution in [2.24, 2.45) is 0 Å². The minimum atomic E-state index is -0.164. The fraction of sp³-hybridized carbons (Fsp3) is 0.190. The number of aromatic nitrogens is 2. The van der Waals surface area contributed by atoms with Gasteiger partial charge in [-0.1, -0.05) is 59.9 Å². The molecular weight excluding hydrogens is 372 g/mol. The highest BCUT2D eigenvalue weighted by Gasteiger charge is 2.19. The molecule has 2 N–H and O–H groups in total. The zero-order valence-electron chi connectivity index (χ0n) is 15.2. The third-order valence-electron chi connectivity index (χ3n) is 4.61. The molecule has 2 heterocycles. The summed E-state index contributed by atoms with van der Waals surface area (Å²) in [5.41, 5.74) is 3.43. The van der Waals surface area contributed by atoms with Crippen molar-refractivity contribution in [3.8, 4) is 5.75 Å². The van der Waals surface area contributed by atoms with Gasteiger partial charge in [0.15, 0.2) is 0 Å². The van der Waals surface area contributed by atoms with Gasteiger partial charge in [-0.05, 0) is 35.3 Å². The molecule has 142 valence electrons. The maximum Gasteiger partial charge on any atom is 0.323 e. The van der Waals surface area contributed by atoms with Crippen LogP contribution in [0.4, 0.5) is 9.93 Å². The second kappa shape index (κ2) is 8.22. The standard InChI is InChI=1S/C21H20N4O2S/c26-18-8-6-16(7-9-18)17-10-12-25(13-11-17)21(27)22-20-24-23-19(28-20)14-15-4-2-1-3-5-15/h1-10,26H,11-14H2,(H,22,24,27). The molecule has 28 heavy (non-hydrogen) atoms. The molecule has 0 fully saturated rings. The minimum Gasteiger partial charge on any atom is -0.508 e. The average Bonchev–Trinajstić information content (AvgIpc) is 3.16. The predicted octanol–water partition coefficient (Wildman–Crippen LogP) is 4.16. The van der Waals surface area contributed by atoms with E-state index in [0.29, 0.717) is 24.6 Å². The van der Waals surface area contributed by atoms with Crippen LogP contribution in [0.2, 0.25) is 0 Å². The van der Waals surface area contributed by atoms with Gasteiger partial charge in [-0.25, -0.2) is 4.79 Å². The van der Waals surface area contributed by atoms with Gasteiger partial charge < -0.3 is 10.0 Å². The molecular formula is C21H20N4O2S. The highest BCUT2D eigenvalue weighted by Crippen LogP contribution is 2.25. The molecule has 0 saturated carbocycles. The molecule has 2 amide bonds. The van der Waals surface area contributed by atoms with Crippen LogP contribution >= 0.6 is 11.3 Å². The van der Waals surface area contributed by atoms with Gasteiger partial charge in [0, 0.05) is 19.5 Å². The smallest absolute Gasteiger partial charge is 0.323 e. The van der Waals surface area contributed by atoms with Crippen LogP contribution in [-0.4, -0.2) is 39.3 Å². The van der Waals surface area contributed by atoms with Gasteiger partial charge in [-0.2, -0.15) is 0 Å². The predicted molar refractivity (Wildman–Crippen MR) is 110 cm³/mol. The quantitative estimate of drug-likeness (QED) is 0.699. The van der Waals surface area contributed by atoms with Crippen molar-refractivity contribution in [3.05, 3.63) is 76.8 Å². The molecule has 6 nitrogen and oxygen atoms in total. The molecule has 4 rings (SSSR count). The van der Waals surface area contributed by atoms with Gasteiger partial charge >= 0.3 is 6.03 Å². The Bertz CT molecular complexity index is 983. The maximum atomic E-state index is 12.5. The van der Waals surface area contributed by atoms with E-state index in [1.807, 2.05) is 42.5 Å². The summed E-state index contributed by atoms with van der Waals surface area (Å²) in [5.74, 6) is 0.254. The maximum absolute atomic E-state index is 12.5. The third-order valence-corrected chi connectivity index (χ3v) is 5.45. The van der Waals surface area contributed by atoms with E-state index in [1.165, 1.54) is 22.5 Å². The number of nitrogens with zero attached hydrogens (tertiary/aromatic N) is 3. The number of amides is 2. The zero-order chi connectivity index (χ0) is 19.3. The molecule has 0 bridgehead atoms. The number of anilines is 1. The van der Waals surface area contributed by atoms with Gasteiger partial charge in [0.25, 0.3) is 0 Å². The first-order chi connectivity index (χ1) is 13.7. The van der Waals surface area contributed by atoms with E-state index in [2.05, 4.69) is 21.6 Å². The molecule has 1 aliphatic heterocycles. The Hall–Kier alpha value is -3.19. The van der Waals surface area contributed by atoms with Crippen LogP contribution in [0.25, 0.3) is 5.57 Å². The summed E-state index contributed by atoms with van der Waals surface area (Å²) in [5, 5.41) is 21.9. The number of carbonyl (C=O) groups excluding carboxylic acids is 1. The van der Waals surface area contributed by atoms with E-state index in [4.69, 9.17) is 0 Å². The Labute approximate surface area is 167 Å². The van der Waals surface area contributed by atoms with Crippen molar-refractivity contribution in [1.82, 2.24) is 15.1 Å². The van der Waals surface area contributed by atoms with Crippen molar-refractivity contribution in [2.75, 3.05) is 18.4 Å². The summed E-state index contributed by atoms with van der Waals surface area (Å²) >= 11 is 1.40. The van der Waals surface area contributed by atoms with Crippen molar-refractivity contribution in [2.45, 2.75) is 12.8 Å². The zero-order valence-corrected chi connectivity index (χ0v) is 16.0. The lowest BCUT2D eigenvalue weighted by Crippen LogP contribution is -2.37. The highest BCUT2D eigenvalue weighted by molar-refractivity contribution is 7.15. The number of aromatic hydroxyl groups is 1. The van der Waals surface area contributed by atoms with Crippen LogP contribution in [0.3, 0.4) is 0 Å². The Morgan fingerprint density at radius 2 is 1.89 bits per heavy atom. The Kier molecular flexibility index (Phi) is 5.34. The first-order valence-electron chi connectivity index (χ1n) is 9.08. The third kappa shape index (κ3) is 4.37. The van der Waals surface area contributed by atoms with Crippen molar-refractivity contribution >= 4 is 28.1 Å². The van der Waals surface area contributed by atoms with Crippen LogP contribution in [0.15, 0.2) is 60.7 Å². The molecule has 0 radical (unpaired) electrons. The lowest BCUT2D eigenvalue weighted by molar-refractivity contribution is 0.217. The van der Waals surface area contributed by atoms with Crippen molar-refractivity contribution < 1.29 is 9.90 Å². The second-order valence-electron chi connectivity index (χ2n) is 6.57. The lowest BCUT2D eigenvalue weighted by atomic mass is 9.99. The summed E-state index contributed by atoms with van der Waals surface area (Å²) < 4.78 is 0. The van der Waals surface area contributed by atoms with Gasteiger partial charge in [-0.15, -0.1) is 10.2 Å². The van der Waals surface area contributed by atoms with Gasteiger partial charge in [0.05, 0.1) is 0 Å². The Morgan fingerprint density at radius 3 is 2.61 bits per heavy atom. The largest absolute Gasteiger partial charge is 0.508 e.